The van der Waals surface area contributed by atoms with Crippen LogP contribution in [0.3, 0.4) is 0 Å². The molecule has 0 spiro atoms. The standard InChI is InChI=1S/C16H20N4O2S/c21-16(19-5-2-1-3-6-19)13-10-20(7-8-22-13)15-14-12(4-9-23-14)17-11-18-15/h4,9,11,13H,1-3,5-8,10H2. The van der Waals surface area contributed by atoms with Crippen LogP contribution in [0.1, 0.15) is 19.3 Å². The van der Waals surface area contributed by atoms with Crippen LogP contribution in [-0.2, 0) is 9.53 Å². The lowest BCUT2D eigenvalue weighted by molar-refractivity contribution is -0.145. The number of likely N-dealkylation sites (tertiary alicyclic amines) is 1. The van der Waals surface area contributed by atoms with E-state index >= 15 is 0 Å². The number of hydrogen-bond acceptors (Lipinski definition) is 6. The SMILES string of the molecule is O=C(C1CN(c2ncnc3ccsc23)CCO1)N1CCCCC1. The van der Waals surface area contributed by atoms with Crippen molar-refractivity contribution >= 4 is 33.3 Å². The molecular formula is C16H20N4O2S. The van der Waals surface area contributed by atoms with Crippen molar-refractivity contribution in [2.24, 2.45) is 0 Å². The zero-order valence-electron chi connectivity index (χ0n) is 13.0. The van der Waals surface area contributed by atoms with Gasteiger partial charge in [-0.05, 0) is 30.7 Å². The zero-order chi connectivity index (χ0) is 15.6. The van der Waals surface area contributed by atoms with Crippen molar-refractivity contribution in [2.45, 2.75) is 25.4 Å². The van der Waals surface area contributed by atoms with Gasteiger partial charge in [0.2, 0.25) is 0 Å². The van der Waals surface area contributed by atoms with Crippen molar-refractivity contribution in [2.75, 3.05) is 37.7 Å². The van der Waals surface area contributed by atoms with Crippen LogP contribution >= 0.6 is 11.3 Å². The van der Waals surface area contributed by atoms with E-state index in [1.807, 2.05) is 16.3 Å². The average molecular weight is 332 g/mol. The number of aromatic nitrogens is 2. The van der Waals surface area contributed by atoms with Gasteiger partial charge in [0.15, 0.2) is 6.10 Å². The summed E-state index contributed by atoms with van der Waals surface area (Å²) < 4.78 is 6.85. The molecule has 2 saturated heterocycles. The molecule has 0 radical (unpaired) electrons. The summed E-state index contributed by atoms with van der Waals surface area (Å²) >= 11 is 1.64. The Morgan fingerprint density at radius 3 is 2.96 bits per heavy atom. The molecule has 2 fully saturated rings. The van der Waals surface area contributed by atoms with E-state index in [0.717, 1.165) is 48.5 Å². The molecule has 0 aliphatic carbocycles. The van der Waals surface area contributed by atoms with Crippen LogP contribution in [0, 0.1) is 0 Å². The molecule has 1 atom stereocenters. The number of nitrogens with zero attached hydrogens (tertiary/aromatic N) is 4. The van der Waals surface area contributed by atoms with E-state index in [0.29, 0.717) is 13.2 Å². The number of rotatable bonds is 2. The first-order chi connectivity index (χ1) is 11.3. The number of fused-ring (bicyclic) bond motifs is 1. The van der Waals surface area contributed by atoms with Gasteiger partial charge in [0.1, 0.15) is 12.1 Å². The number of carbonyl (C=O) groups is 1. The molecule has 0 N–H and O–H groups in total. The topological polar surface area (TPSA) is 58.6 Å². The highest BCUT2D eigenvalue weighted by molar-refractivity contribution is 7.17. The maximum absolute atomic E-state index is 12.7. The Morgan fingerprint density at radius 2 is 2.09 bits per heavy atom. The molecule has 122 valence electrons. The summed E-state index contributed by atoms with van der Waals surface area (Å²) in [5.74, 6) is 1.05. The first-order valence-electron chi connectivity index (χ1n) is 8.16. The maximum atomic E-state index is 12.7. The fourth-order valence-corrected chi connectivity index (χ4v) is 4.17. The molecule has 2 aromatic rings. The molecule has 0 bridgehead atoms. The van der Waals surface area contributed by atoms with Gasteiger partial charge in [-0.25, -0.2) is 9.97 Å². The molecule has 2 aliphatic rings. The van der Waals surface area contributed by atoms with Crippen LogP contribution in [0.15, 0.2) is 17.8 Å². The van der Waals surface area contributed by atoms with Gasteiger partial charge < -0.3 is 14.5 Å². The highest BCUT2D eigenvalue weighted by atomic mass is 32.1. The van der Waals surface area contributed by atoms with E-state index in [1.165, 1.54) is 6.42 Å². The van der Waals surface area contributed by atoms with Crippen molar-refractivity contribution in [3.05, 3.63) is 17.8 Å². The van der Waals surface area contributed by atoms with E-state index < -0.39 is 0 Å². The van der Waals surface area contributed by atoms with Gasteiger partial charge in [-0.2, -0.15) is 0 Å². The van der Waals surface area contributed by atoms with E-state index in [9.17, 15) is 4.79 Å². The summed E-state index contributed by atoms with van der Waals surface area (Å²) in [6.45, 7) is 3.61. The van der Waals surface area contributed by atoms with Crippen LogP contribution in [-0.4, -0.2) is 59.7 Å². The van der Waals surface area contributed by atoms with Gasteiger partial charge in [0.25, 0.3) is 5.91 Å². The van der Waals surface area contributed by atoms with E-state index in [-0.39, 0.29) is 12.0 Å². The number of piperidine rings is 1. The summed E-state index contributed by atoms with van der Waals surface area (Å²) in [4.78, 5) is 25.6. The summed E-state index contributed by atoms with van der Waals surface area (Å²) in [6, 6.07) is 2.00. The average Bonchev–Trinajstić information content (AvgIpc) is 3.10. The second-order valence-electron chi connectivity index (χ2n) is 6.02. The zero-order valence-corrected chi connectivity index (χ0v) is 13.8. The Hall–Kier alpha value is -1.73. The number of amides is 1. The number of morpholine rings is 1. The first-order valence-corrected chi connectivity index (χ1v) is 9.04. The first kappa shape index (κ1) is 14.8. The normalized spacial score (nSPS) is 22.5. The minimum atomic E-state index is -0.383. The van der Waals surface area contributed by atoms with Crippen molar-refractivity contribution in [1.29, 1.82) is 0 Å². The molecule has 1 amide bonds. The minimum absolute atomic E-state index is 0.130. The van der Waals surface area contributed by atoms with Crippen LogP contribution in [0.25, 0.3) is 10.2 Å². The molecule has 0 saturated carbocycles. The summed E-state index contributed by atoms with van der Waals surface area (Å²) in [5.41, 5.74) is 0.963. The highest BCUT2D eigenvalue weighted by Gasteiger charge is 2.32. The molecule has 7 heteroatoms. The molecule has 2 aliphatic heterocycles. The fourth-order valence-electron chi connectivity index (χ4n) is 3.31. The Balaban J connectivity index is 1.52. The summed E-state index contributed by atoms with van der Waals surface area (Å²) in [5, 5.41) is 2.03. The number of thiophene rings is 1. The Kier molecular flexibility index (Phi) is 4.13. The monoisotopic (exact) mass is 332 g/mol. The third-order valence-corrected chi connectivity index (χ3v) is 5.43. The van der Waals surface area contributed by atoms with Gasteiger partial charge in [-0.15, -0.1) is 11.3 Å². The van der Waals surface area contributed by atoms with Crippen molar-refractivity contribution in [1.82, 2.24) is 14.9 Å². The van der Waals surface area contributed by atoms with Gasteiger partial charge in [0.05, 0.1) is 23.4 Å². The van der Waals surface area contributed by atoms with Crippen molar-refractivity contribution in [3.63, 3.8) is 0 Å². The lowest BCUT2D eigenvalue weighted by Crippen LogP contribution is -2.52. The maximum Gasteiger partial charge on any atom is 0.253 e. The molecule has 4 heterocycles. The predicted molar refractivity (Wildman–Crippen MR) is 89.8 cm³/mol. The van der Waals surface area contributed by atoms with Crippen LogP contribution < -0.4 is 4.90 Å². The van der Waals surface area contributed by atoms with Crippen LogP contribution in [0.4, 0.5) is 5.82 Å². The number of anilines is 1. The highest BCUT2D eigenvalue weighted by Crippen LogP contribution is 2.29. The number of hydrogen-bond donors (Lipinski definition) is 0. The van der Waals surface area contributed by atoms with E-state index in [4.69, 9.17) is 4.74 Å². The quantitative estimate of drug-likeness (QED) is 0.841. The Labute approximate surface area is 139 Å². The second kappa shape index (κ2) is 6.41. The third kappa shape index (κ3) is 2.90. The largest absolute Gasteiger partial charge is 0.365 e. The Morgan fingerprint density at radius 1 is 1.22 bits per heavy atom. The predicted octanol–water partition coefficient (Wildman–Crippen LogP) is 1.91. The molecule has 2 aromatic heterocycles. The van der Waals surface area contributed by atoms with Gasteiger partial charge in [0, 0.05) is 19.6 Å². The number of ether oxygens (including phenoxy) is 1. The van der Waals surface area contributed by atoms with Gasteiger partial charge in [-0.3, -0.25) is 4.79 Å². The van der Waals surface area contributed by atoms with Crippen LogP contribution in [0.5, 0.6) is 0 Å². The third-order valence-electron chi connectivity index (χ3n) is 4.53. The second-order valence-corrected chi connectivity index (χ2v) is 6.94. The summed E-state index contributed by atoms with van der Waals surface area (Å²) in [6.07, 6.45) is 4.64. The molecule has 1 unspecified atom stereocenters. The van der Waals surface area contributed by atoms with Gasteiger partial charge in [-0.1, -0.05) is 0 Å². The smallest absolute Gasteiger partial charge is 0.253 e. The van der Waals surface area contributed by atoms with Crippen molar-refractivity contribution < 1.29 is 9.53 Å². The van der Waals surface area contributed by atoms with Gasteiger partial charge >= 0.3 is 0 Å². The van der Waals surface area contributed by atoms with Crippen LogP contribution in [0.2, 0.25) is 0 Å². The van der Waals surface area contributed by atoms with E-state index in [2.05, 4.69) is 14.9 Å². The molecular weight excluding hydrogens is 312 g/mol. The van der Waals surface area contributed by atoms with Crippen molar-refractivity contribution in [3.8, 4) is 0 Å². The Bertz CT molecular complexity index is 698. The molecule has 4 rings (SSSR count). The molecule has 23 heavy (non-hydrogen) atoms. The fraction of sp³-hybridized carbons (Fsp3) is 0.562. The summed E-state index contributed by atoms with van der Waals surface area (Å²) in [7, 11) is 0. The minimum Gasteiger partial charge on any atom is -0.365 e. The molecule has 6 nitrogen and oxygen atoms in total. The lowest BCUT2D eigenvalue weighted by atomic mass is 10.1. The number of carbonyl (C=O) groups excluding carboxylic acids is 1. The molecule has 0 aromatic carbocycles. The van der Waals surface area contributed by atoms with E-state index in [1.54, 1.807) is 17.7 Å². The lowest BCUT2D eigenvalue weighted by Gasteiger charge is -2.36.